The quantitative estimate of drug-likeness (QED) is 0.562. The van der Waals surface area contributed by atoms with Gasteiger partial charge in [-0.05, 0) is 40.8 Å². The fourth-order valence-electron chi connectivity index (χ4n) is 0.877. The van der Waals surface area contributed by atoms with E-state index in [1.165, 1.54) is 22.6 Å². The highest BCUT2D eigenvalue weighted by molar-refractivity contribution is 14.1. The van der Waals surface area contributed by atoms with Gasteiger partial charge in [0.15, 0.2) is 0 Å². The standard InChI is InChI=1S/C7H3ClF3IO2S/c8-15(13,14)4-1-2-5(6(12)3-4)7(9,10)11/h1-3H. The lowest BCUT2D eigenvalue weighted by atomic mass is 10.2. The smallest absolute Gasteiger partial charge is 0.207 e. The van der Waals surface area contributed by atoms with Crippen LogP contribution in [0, 0.1) is 3.57 Å². The van der Waals surface area contributed by atoms with E-state index in [9.17, 15) is 21.6 Å². The van der Waals surface area contributed by atoms with E-state index in [2.05, 4.69) is 0 Å². The fraction of sp³-hybridized carbons (Fsp3) is 0.143. The first-order chi connectivity index (χ1) is 6.62. The number of benzene rings is 1. The molecular weight excluding hydrogens is 367 g/mol. The maximum atomic E-state index is 12.3. The lowest BCUT2D eigenvalue weighted by molar-refractivity contribution is -0.138. The largest absolute Gasteiger partial charge is 0.417 e. The third-order valence-corrected chi connectivity index (χ3v) is 3.77. The summed E-state index contributed by atoms with van der Waals surface area (Å²) < 4.78 is 58.3. The molecule has 0 saturated carbocycles. The van der Waals surface area contributed by atoms with Gasteiger partial charge in [-0.1, -0.05) is 0 Å². The van der Waals surface area contributed by atoms with Crippen molar-refractivity contribution in [1.82, 2.24) is 0 Å². The molecular formula is C7H3ClF3IO2S. The second-order valence-electron chi connectivity index (χ2n) is 2.58. The molecule has 0 aliphatic heterocycles. The SMILES string of the molecule is O=S(=O)(Cl)c1ccc(C(F)(F)F)c(I)c1. The highest BCUT2D eigenvalue weighted by Gasteiger charge is 2.33. The number of rotatable bonds is 1. The van der Waals surface area contributed by atoms with Gasteiger partial charge in [0, 0.05) is 14.3 Å². The van der Waals surface area contributed by atoms with Gasteiger partial charge in [-0.25, -0.2) is 8.42 Å². The van der Waals surface area contributed by atoms with Crippen molar-refractivity contribution in [1.29, 1.82) is 0 Å². The van der Waals surface area contributed by atoms with Crippen molar-refractivity contribution in [2.45, 2.75) is 11.1 Å². The second-order valence-corrected chi connectivity index (χ2v) is 6.31. The Labute approximate surface area is 102 Å². The summed E-state index contributed by atoms with van der Waals surface area (Å²) in [5.41, 5.74) is -0.882. The van der Waals surface area contributed by atoms with Crippen LogP contribution in [-0.4, -0.2) is 8.42 Å². The minimum Gasteiger partial charge on any atom is -0.207 e. The molecule has 1 rings (SSSR count). The predicted octanol–water partition coefficient (Wildman–Crippen LogP) is 3.24. The van der Waals surface area contributed by atoms with Gasteiger partial charge >= 0.3 is 6.18 Å². The van der Waals surface area contributed by atoms with Crippen molar-refractivity contribution in [3.8, 4) is 0 Å². The van der Waals surface area contributed by atoms with Crippen molar-refractivity contribution in [2.75, 3.05) is 0 Å². The van der Waals surface area contributed by atoms with Crippen LogP contribution in [0.25, 0.3) is 0 Å². The molecule has 0 aliphatic carbocycles. The maximum Gasteiger partial charge on any atom is 0.417 e. The van der Waals surface area contributed by atoms with Crippen LogP contribution in [0.5, 0.6) is 0 Å². The highest BCUT2D eigenvalue weighted by atomic mass is 127. The van der Waals surface area contributed by atoms with Gasteiger partial charge in [-0.15, -0.1) is 0 Å². The zero-order valence-corrected chi connectivity index (χ0v) is 10.6. The van der Waals surface area contributed by atoms with Gasteiger partial charge < -0.3 is 0 Å². The molecule has 84 valence electrons. The Bertz CT molecular complexity index is 483. The van der Waals surface area contributed by atoms with E-state index in [0.717, 1.165) is 12.1 Å². The van der Waals surface area contributed by atoms with Gasteiger partial charge in [-0.2, -0.15) is 13.2 Å². The molecule has 0 unspecified atom stereocenters. The molecule has 15 heavy (non-hydrogen) atoms. The van der Waals surface area contributed by atoms with E-state index >= 15 is 0 Å². The summed E-state index contributed by atoms with van der Waals surface area (Å²) in [7, 11) is 0.997. The number of halogens is 5. The van der Waals surface area contributed by atoms with Crippen LogP contribution in [-0.2, 0) is 15.2 Å². The molecule has 1 aromatic rings. The van der Waals surface area contributed by atoms with Crippen molar-refractivity contribution in [3.05, 3.63) is 27.3 Å². The molecule has 0 aromatic heterocycles. The first-order valence-corrected chi connectivity index (χ1v) is 6.82. The van der Waals surface area contributed by atoms with E-state index < -0.39 is 20.8 Å². The van der Waals surface area contributed by atoms with Crippen molar-refractivity contribution in [3.63, 3.8) is 0 Å². The Hall–Kier alpha value is -0.0200. The van der Waals surface area contributed by atoms with E-state index in [-0.39, 0.29) is 8.47 Å². The van der Waals surface area contributed by atoms with E-state index in [1.807, 2.05) is 0 Å². The van der Waals surface area contributed by atoms with Gasteiger partial charge in [0.2, 0.25) is 0 Å². The summed E-state index contributed by atoms with van der Waals surface area (Å²) in [6.07, 6.45) is -4.49. The molecule has 8 heteroatoms. The second kappa shape index (κ2) is 4.10. The summed E-state index contributed by atoms with van der Waals surface area (Å²) >= 11 is 1.41. The molecule has 0 aliphatic rings. The predicted molar refractivity (Wildman–Crippen MR) is 57.2 cm³/mol. The molecule has 0 heterocycles. The molecule has 0 radical (unpaired) electrons. The molecule has 0 amide bonds. The van der Waals surface area contributed by atoms with Crippen LogP contribution in [0.2, 0.25) is 0 Å². The Morgan fingerprint density at radius 2 is 1.80 bits per heavy atom. The van der Waals surface area contributed by atoms with E-state index in [1.54, 1.807) is 0 Å². The molecule has 0 saturated heterocycles. The topological polar surface area (TPSA) is 34.1 Å². The van der Waals surface area contributed by atoms with Gasteiger partial charge in [0.05, 0.1) is 10.5 Å². The van der Waals surface area contributed by atoms with Crippen molar-refractivity contribution >= 4 is 42.3 Å². The Morgan fingerprint density at radius 1 is 1.27 bits per heavy atom. The third-order valence-electron chi connectivity index (χ3n) is 1.53. The summed E-state index contributed by atoms with van der Waals surface area (Å²) in [6, 6.07) is 2.40. The van der Waals surface area contributed by atoms with E-state index in [4.69, 9.17) is 10.7 Å². The minimum absolute atomic E-state index is 0.207. The lowest BCUT2D eigenvalue weighted by Gasteiger charge is -2.09. The van der Waals surface area contributed by atoms with E-state index in [0.29, 0.717) is 6.07 Å². The Morgan fingerprint density at radius 3 is 2.13 bits per heavy atom. The Balaban J connectivity index is 3.34. The fourth-order valence-corrected chi connectivity index (χ4v) is 2.69. The summed E-state index contributed by atoms with van der Waals surface area (Å²) in [6.45, 7) is 0. The van der Waals surface area contributed by atoms with Gasteiger partial charge in [0.25, 0.3) is 9.05 Å². The molecule has 1 aromatic carbocycles. The van der Waals surface area contributed by atoms with Crippen LogP contribution < -0.4 is 0 Å². The summed E-state index contributed by atoms with van der Waals surface area (Å²) in [5, 5.41) is 0. The monoisotopic (exact) mass is 370 g/mol. The molecule has 0 bridgehead atoms. The number of hydrogen-bond donors (Lipinski definition) is 0. The highest BCUT2D eigenvalue weighted by Crippen LogP contribution is 2.34. The summed E-state index contributed by atoms with van der Waals surface area (Å²) in [4.78, 5) is -0.346. The summed E-state index contributed by atoms with van der Waals surface area (Å²) in [5.74, 6) is 0. The van der Waals surface area contributed by atoms with Crippen molar-refractivity contribution in [2.24, 2.45) is 0 Å². The zero-order chi connectivity index (χ0) is 11.9. The van der Waals surface area contributed by atoms with Gasteiger partial charge in [0.1, 0.15) is 0 Å². The lowest BCUT2D eigenvalue weighted by Crippen LogP contribution is -2.08. The normalized spacial score (nSPS) is 12.9. The van der Waals surface area contributed by atoms with Crippen LogP contribution in [0.4, 0.5) is 13.2 Å². The van der Waals surface area contributed by atoms with Crippen molar-refractivity contribution < 1.29 is 21.6 Å². The molecule has 0 N–H and O–H groups in total. The molecule has 2 nitrogen and oxygen atoms in total. The van der Waals surface area contributed by atoms with Crippen LogP contribution in [0.15, 0.2) is 23.1 Å². The molecule has 0 fully saturated rings. The molecule has 0 atom stereocenters. The number of hydrogen-bond acceptors (Lipinski definition) is 2. The first kappa shape index (κ1) is 13.0. The van der Waals surface area contributed by atoms with Crippen LogP contribution in [0.3, 0.4) is 0 Å². The first-order valence-electron chi connectivity index (χ1n) is 3.44. The number of alkyl halides is 3. The maximum absolute atomic E-state index is 12.3. The van der Waals surface area contributed by atoms with Crippen LogP contribution in [0.1, 0.15) is 5.56 Å². The average Bonchev–Trinajstić information content (AvgIpc) is 1.99. The average molecular weight is 371 g/mol. The molecule has 0 spiro atoms. The Kier molecular flexibility index (Phi) is 3.56. The zero-order valence-electron chi connectivity index (χ0n) is 6.85. The van der Waals surface area contributed by atoms with Crippen LogP contribution >= 0.6 is 33.3 Å². The van der Waals surface area contributed by atoms with Gasteiger partial charge in [-0.3, -0.25) is 0 Å². The minimum atomic E-state index is -4.49. The third kappa shape index (κ3) is 3.22.